The molecule has 3 aromatic heterocycles. The second kappa shape index (κ2) is 8.31. The first-order valence-corrected chi connectivity index (χ1v) is 10.0. The second-order valence-corrected chi connectivity index (χ2v) is 7.68. The molecule has 0 saturated carbocycles. The Morgan fingerprint density at radius 1 is 1.19 bits per heavy atom. The lowest BCUT2D eigenvalue weighted by molar-refractivity contribution is 0.0687. The van der Waals surface area contributed by atoms with Crippen LogP contribution >= 0.6 is 0 Å². The van der Waals surface area contributed by atoms with Crippen molar-refractivity contribution in [3.8, 4) is 22.4 Å². The van der Waals surface area contributed by atoms with Crippen molar-refractivity contribution in [2.24, 2.45) is 0 Å². The number of rotatable bonds is 5. The van der Waals surface area contributed by atoms with Gasteiger partial charge in [0.2, 0.25) is 5.95 Å². The molecule has 0 aliphatic rings. The number of benzene rings is 1. The molecule has 10 heteroatoms. The highest BCUT2D eigenvalue weighted by atomic mass is 19.1. The zero-order valence-electron chi connectivity index (χ0n) is 17.8. The van der Waals surface area contributed by atoms with E-state index in [9.17, 15) is 14.3 Å². The van der Waals surface area contributed by atoms with Crippen molar-refractivity contribution in [2.75, 3.05) is 11.9 Å². The number of fused-ring (bicyclic) bond motifs is 1. The number of nitrogens with zero attached hydrogens (tertiary/aromatic N) is 4. The smallest absolute Gasteiger partial charge is 0.321 e. The van der Waals surface area contributed by atoms with Gasteiger partial charge in [0.05, 0.1) is 5.52 Å². The largest absolute Gasteiger partial charge is 0.382 e. The Kier molecular flexibility index (Phi) is 5.54. The van der Waals surface area contributed by atoms with E-state index in [0.717, 1.165) is 0 Å². The first kappa shape index (κ1) is 21.3. The Morgan fingerprint density at radius 2 is 1.94 bits per heavy atom. The molecule has 0 spiro atoms. The zero-order chi connectivity index (χ0) is 22.9. The molecule has 4 aromatic rings. The van der Waals surface area contributed by atoms with Crippen LogP contribution in [0.5, 0.6) is 0 Å². The first-order chi connectivity index (χ1) is 15.3. The third kappa shape index (κ3) is 4.26. The number of pyridine rings is 1. The van der Waals surface area contributed by atoms with Crippen LogP contribution in [0.15, 0.2) is 42.9 Å². The van der Waals surface area contributed by atoms with Gasteiger partial charge in [0.25, 0.3) is 0 Å². The zero-order valence-corrected chi connectivity index (χ0v) is 17.8. The summed E-state index contributed by atoms with van der Waals surface area (Å²) in [6.07, 6.45) is 4.67. The molecule has 0 unspecified atom stereocenters. The van der Waals surface area contributed by atoms with E-state index in [2.05, 4.69) is 35.6 Å². The number of amides is 2. The van der Waals surface area contributed by atoms with Crippen LogP contribution in [-0.2, 0) is 5.60 Å². The highest BCUT2D eigenvalue weighted by Crippen LogP contribution is 2.34. The van der Waals surface area contributed by atoms with Gasteiger partial charge in [0, 0.05) is 36.3 Å². The summed E-state index contributed by atoms with van der Waals surface area (Å²) in [5.74, 6) is 0.00316. The molecule has 32 heavy (non-hydrogen) atoms. The number of nitrogens with one attached hydrogen (secondary N) is 3. The first-order valence-electron chi connectivity index (χ1n) is 10.0. The number of aliphatic hydroxyl groups is 1. The predicted molar refractivity (Wildman–Crippen MR) is 118 cm³/mol. The number of hydrogen-bond donors (Lipinski definition) is 4. The van der Waals surface area contributed by atoms with Crippen molar-refractivity contribution >= 4 is 23.0 Å². The number of hydrogen-bond acceptors (Lipinski definition) is 6. The highest BCUT2D eigenvalue weighted by Gasteiger charge is 2.20. The topological polar surface area (TPSA) is 129 Å². The number of aromatic amines is 1. The van der Waals surface area contributed by atoms with E-state index >= 15 is 0 Å². The van der Waals surface area contributed by atoms with Gasteiger partial charge in [-0.2, -0.15) is 0 Å². The summed E-state index contributed by atoms with van der Waals surface area (Å²) in [6.45, 7) is 5.46. The molecule has 4 rings (SSSR count). The van der Waals surface area contributed by atoms with Crippen molar-refractivity contribution in [3.05, 3.63) is 54.5 Å². The van der Waals surface area contributed by atoms with E-state index in [1.807, 2.05) is 0 Å². The molecule has 9 nitrogen and oxygen atoms in total. The second-order valence-electron chi connectivity index (χ2n) is 7.68. The average molecular weight is 435 g/mol. The SMILES string of the molecule is CCNC(=O)Nc1nc2c(-c3ncccc3F)cc(-c3cnc(C(C)(C)O)nc3)cc2[nH]1. The molecular formula is C22H22FN7O2. The number of anilines is 1. The normalized spacial score (nSPS) is 11.5. The van der Waals surface area contributed by atoms with Crippen molar-refractivity contribution in [3.63, 3.8) is 0 Å². The van der Waals surface area contributed by atoms with E-state index in [0.29, 0.717) is 34.3 Å². The number of halogens is 1. The van der Waals surface area contributed by atoms with E-state index < -0.39 is 17.4 Å². The van der Waals surface area contributed by atoms with Gasteiger partial charge >= 0.3 is 6.03 Å². The average Bonchev–Trinajstić information content (AvgIpc) is 3.15. The summed E-state index contributed by atoms with van der Waals surface area (Å²) in [4.78, 5) is 32.1. The number of H-pyrrole nitrogens is 1. The Bertz CT molecular complexity index is 1280. The van der Waals surface area contributed by atoms with Crippen LogP contribution in [0, 0.1) is 5.82 Å². The minimum atomic E-state index is -1.17. The van der Waals surface area contributed by atoms with E-state index in [1.165, 1.54) is 18.3 Å². The maximum Gasteiger partial charge on any atom is 0.321 e. The number of urea groups is 1. The van der Waals surface area contributed by atoms with Crippen LogP contribution in [0.1, 0.15) is 26.6 Å². The van der Waals surface area contributed by atoms with Crippen molar-refractivity contribution in [1.29, 1.82) is 0 Å². The summed E-state index contributed by atoms with van der Waals surface area (Å²) in [5.41, 5.74) is 1.77. The van der Waals surface area contributed by atoms with Crippen LogP contribution in [0.2, 0.25) is 0 Å². The fourth-order valence-corrected chi connectivity index (χ4v) is 3.21. The lowest BCUT2D eigenvalue weighted by Gasteiger charge is -2.15. The van der Waals surface area contributed by atoms with Gasteiger partial charge < -0.3 is 15.4 Å². The summed E-state index contributed by atoms with van der Waals surface area (Å²) in [5, 5.41) is 15.4. The van der Waals surface area contributed by atoms with Gasteiger partial charge in [0.1, 0.15) is 22.6 Å². The van der Waals surface area contributed by atoms with Crippen LogP contribution < -0.4 is 10.6 Å². The van der Waals surface area contributed by atoms with Crippen molar-refractivity contribution < 1.29 is 14.3 Å². The lowest BCUT2D eigenvalue weighted by atomic mass is 10.0. The van der Waals surface area contributed by atoms with Crippen molar-refractivity contribution in [2.45, 2.75) is 26.4 Å². The maximum atomic E-state index is 14.6. The molecule has 0 saturated heterocycles. The molecule has 2 amide bonds. The Hall–Kier alpha value is -3.92. The number of aromatic nitrogens is 5. The molecule has 0 aliphatic heterocycles. The lowest BCUT2D eigenvalue weighted by Crippen LogP contribution is -2.28. The van der Waals surface area contributed by atoms with Gasteiger partial charge in [-0.05, 0) is 50.6 Å². The molecule has 1 aromatic carbocycles. The van der Waals surface area contributed by atoms with Gasteiger partial charge in [0.15, 0.2) is 5.82 Å². The Labute approximate surface area is 183 Å². The summed E-state index contributed by atoms with van der Waals surface area (Å²) in [6, 6.07) is 5.97. The van der Waals surface area contributed by atoms with Gasteiger partial charge in [-0.25, -0.2) is 24.1 Å². The van der Waals surface area contributed by atoms with Crippen LogP contribution in [-0.4, -0.2) is 42.6 Å². The predicted octanol–water partition coefficient (Wildman–Crippen LogP) is 3.59. The van der Waals surface area contributed by atoms with Crippen LogP contribution in [0.4, 0.5) is 15.1 Å². The molecular weight excluding hydrogens is 413 g/mol. The third-order valence-corrected chi connectivity index (χ3v) is 4.70. The fourth-order valence-electron chi connectivity index (χ4n) is 3.21. The van der Waals surface area contributed by atoms with Crippen LogP contribution in [0.25, 0.3) is 33.4 Å². The molecule has 0 atom stereocenters. The minimum Gasteiger partial charge on any atom is -0.382 e. The third-order valence-electron chi connectivity index (χ3n) is 4.70. The molecule has 0 aliphatic carbocycles. The standard InChI is InChI=1S/C22H22FN7O2/c1-4-24-21(31)30-20-28-16-9-12(13-10-26-19(27-11-13)22(2,3)32)8-14(18(16)29-20)17-15(23)6-5-7-25-17/h5-11,32H,4H2,1-3H3,(H3,24,28,29,30,31). The summed E-state index contributed by atoms with van der Waals surface area (Å²) < 4.78 is 14.6. The quantitative estimate of drug-likeness (QED) is 0.379. The van der Waals surface area contributed by atoms with E-state index in [4.69, 9.17) is 0 Å². The Balaban J connectivity index is 1.86. The fraction of sp³-hybridized carbons (Fsp3) is 0.227. The minimum absolute atomic E-state index is 0.129. The highest BCUT2D eigenvalue weighted by molar-refractivity contribution is 5.98. The van der Waals surface area contributed by atoms with E-state index in [-0.39, 0.29) is 17.5 Å². The number of imidazole rings is 1. The molecule has 4 N–H and O–H groups in total. The molecule has 0 bridgehead atoms. The Morgan fingerprint density at radius 3 is 2.59 bits per heavy atom. The van der Waals surface area contributed by atoms with Gasteiger partial charge in [-0.3, -0.25) is 10.3 Å². The summed E-state index contributed by atoms with van der Waals surface area (Å²) in [7, 11) is 0. The summed E-state index contributed by atoms with van der Waals surface area (Å²) >= 11 is 0. The number of carbonyl (C=O) groups excluding carboxylic acids is 1. The van der Waals surface area contributed by atoms with Crippen LogP contribution in [0.3, 0.4) is 0 Å². The molecule has 164 valence electrons. The maximum absolute atomic E-state index is 14.6. The monoisotopic (exact) mass is 435 g/mol. The van der Waals surface area contributed by atoms with Gasteiger partial charge in [-0.15, -0.1) is 0 Å². The number of carbonyl (C=O) groups is 1. The van der Waals surface area contributed by atoms with E-state index in [1.54, 1.807) is 45.3 Å². The van der Waals surface area contributed by atoms with Crippen molar-refractivity contribution in [1.82, 2.24) is 30.2 Å². The van der Waals surface area contributed by atoms with Gasteiger partial charge in [-0.1, -0.05) is 0 Å². The molecule has 3 heterocycles. The molecule has 0 fully saturated rings. The molecule has 0 radical (unpaired) electrons.